The fourth-order valence-corrected chi connectivity index (χ4v) is 4.91. The Hall–Kier alpha value is -3.55. The Kier molecular flexibility index (Phi) is 9.22. The molecule has 0 aliphatic heterocycles. The Balaban J connectivity index is 2.09. The number of amides is 3. The van der Waals surface area contributed by atoms with Crippen molar-refractivity contribution in [3.8, 4) is 5.75 Å². The number of carbonyl (C=O) groups excluding carboxylic acids is 3. The van der Waals surface area contributed by atoms with Crippen LogP contribution in [0.5, 0.6) is 5.75 Å². The average molecular weight is 552 g/mol. The second kappa shape index (κ2) is 11.9. The Labute approximate surface area is 238 Å². The lowest BCUT2D eigenvalue weighted by Gasteiger charge is -2.36. The molecule has 1 aliphatic rings. The van der Waals surface area contributed by atoms with E-state index in [-0.39, 0.29) is 35.9 Å². The first-order chi connectivity index (χ1) is 18.4. The maximum atomic E-state index is 14.5. The van der Waals surface area contributed by atoms with Gasteiger partial charge in [0.2, 0.25) is 11.8 Å². The van der Waals surface area contributed by atoms with Gasteiger partial charge < -0.3 is 25.4 Å². The molecule has 1 fully saturated rings. The van der Waals surface area contributed by atoms with Gasteiger partial charge in [-0.25, -0.2) is 4.79 Å². The second-order valence-electron chi connectivity index (χ2n) is 13.2. The number of phenols is 1. The number of nitrogens with zero attached hydrogens (tertiary/aromatic N) is 1. The van der Waals surface area contributed by atoms with E-state index < -0.39 is 29.3 Å². The topological polar surface area (TPSA) is 108 Å². The van der Waals surface area contributed by atoms with Crippen molar-refractivity contribution < 1.29 is 24.2 Å². The molecule has 2 aromatic carbocycles. The van der Waals surface area contributed by atoms with Crippen LogP contribution in [0.4, 0.5) is 4.79 Å². The normalized spacial score (nSPS) is 18.3. The number of aromatic hydroxyl groups is 1. The molecule has 0 radical (unpaired) electrons. The van der Waals surface area contributed by atoms with Gasteiger partial charge >= 0.3 is 6.09 Å². The molecule has 3 rings (SSSR count). The third kappa shape index (κ3) is 8.73. The van der Waals surface area contributed by atoms with Crippen molar-refractivity contribution in [3.05, 3.63) is 64.7 Å². The smallest absolute Gasteiger partial charge is 0.408 e. The van der Waals surface area contributed by atoms with Crippen molar-refractivity contribution in [2.45, 2.75) is 104 Å². The number of ether oxygens (including phenoxy) is 1. The largest absolute Gasteiger partial charge is 0.508 e. The van der Waals surface area contributed by atoms with Crippen LogP contribution in [0.15, 0.2) is 42.5 Å². The highest BCUT2D eigenvalue weighted by Crippen LogP contribution is 2.41. The average Bonchev–Trinajstić information content (AvgIpc) is 3.50. The first-order valence-electron chi connectivity index (χ1n) is 13.9. The van der Waals surface area contributed by atoms with E-state index in [1.807, 2.05) is 52.8 Å². The Morgan fingerprint density at radius 1 is 1.00 bits per heavy atom. The number of phenolic OH excluding ortho intramolecular Hbond substituents is 1. The maximum absolute atomic E-state index is 14.5. The highest BCUT2D eigenvalue weighted by molar-refractivity contribution is 5.93. The molecular formula is C32H45N3O5. The van der Waals surface area contributed by atoms with Crippen LogP contribution in [0, 0.1) is 19.8 Å². The number of rotatable bonds is 8. The Morgan fingerprint density at radius 2 is 1.55 bits per heavy atom. The molecule has 0 heterocycles. The molecule has 1 saturated carbocycles. The van der Waals surface area contributed by atoms with Crippen LogP contribution in [-0.4, -0.2) is 51.1 Å². The van der Waals surface area contributed by atoms with Gasteiger partial charge in [-0.15, -0.1) is 0 Å². The molecule has 8 heteroatoms. The Morgan fingerprint density at radius 3 is 2.02 bits per heavy atom. The summed E-state index contributed by atoms with van der Waals surface area (Å²) in [5.41, 5.74) is 2.19. The van der Waals surface area contributed by atoms with E-state index in [1.165, 1.54) is 0 Å². The number of nitrogens with one attached hydrogen (secondary N) is 2. The van der Waals surface area contributed by atoms with Gasteiger partial charge in [-0.1, -0.05) is 48.4 Å². The summed E-state index contributed by atoms with van der Waals surface area (Å²) in [6.45, 7) is 17.0. The van der Waals surface area contributed by atoms with Crippen molar-refractivity contribution in [3.63, 3.8) is 0 Å². The molecule has 218 valence electrons. The molecule has 3 amide bonds. The van der Waals surface area contributed by atoms with Crippen LogP contribution in [0.3, 0.4) is 0 Å². The van der Waals surface area contributed by atoms with Crippen LogP contribution in [-0.2, 0) is 20.7 Å². The molecule has 8 nitrogen and oxygen atoms in total. The SMILES string of the molecule is Cc1cc(C)cc(C(C(=O)NC(C)(C)C)N(C(=O)C(Cc2ccc(O)cc2)NC(=O)OC(C)(C)C)C2CC2C)c1. The van der Waals surface area contributed by atoms with Crippen molar-refractivity contribution in [2.75, 3.05) is 0 Å². The van der Waals surface area contributed by atoms with Gasteiger partial charge in [-0.2, -0.15) is 0 Å². The van der Waals surface area contributed by atoms with E-state index in [9.17, 15) is 19.5 Å². The molecule has 2 aromatic rings. The van der Waals surface area contributed by atoms with Crippen molar-refractivity contribution in [2.24, 2.45) is 5.92 Å². The van der Waals surface area contributed by atoms with E-state index in [1.54, 1.807) is 49.9 Å². The zero-order chi connectivity index (χ0) is 30.0. The molecule has 4 atom stereocenters. The molecule has 0 saturated heterocycles. The van der Waals surface area contributed by atoms with E-state index in [4.69, 9.17) is 4.74 Å². The summed E-state index contributed by atoms with van der Waals surface area (Å²) < 4.78 is 5.50. The number of hydrogen-bond acceptors (Lipinski definition) is 5. The van der Waals surface area contributed by atoms with E-state index in [0.717, 1.165) is 28.7 Å². The Bertz CT molecular complexity index is 1210. The van der Waals surface area contributed by atoms with Crippen LogP contribution in [0.1, 0.15) is 83.2 Å². The summed E-state index contributed by atoms with van der Waals surface area (Å²) in [5.74, 6) is -0.323. The van der Waals surface area contributed by atoms with Crippen LogP contribution >= 0.6 is 0 Å². The number of hydrogen-bond donors (Lipinski definition) is 3. The van der Waals surface area contributed by atoms with Crippen LogP contribution in [0.2, 0.25) is 0 Å². The molecule has 3 N–H and O–H groups in total. The lowest BCUT2D eigenvalue weighted by Crippen LogP contribution is -2.56. The third-order valence-corrected chi connectivity index (χ3v) is 6.63. The van der Waals surface area contributed by atoms with Gasteiger partial charge in [-0.05, 0) is 91.0 Å². The first-order valence-corrected chi connectivity index (χ1v) is 13.9. The summed E-state index contributed by atoms with van der Waals surface area (Å²) in [6.07, 6.45) is 0.209. The zero-order valence-electron chi connectivity index (χ0n) is 25.3. The minimum Gasteiger partial charge on any atom is -0.508 e. The second-order valence-corrected chi connectivity index (χ2v) is 13.2. The molecule has 4 unspecified atom stereocenters. The maximum Gasteiger partial charge on any atom is 0.408 e. The minimum absolute atomic E-state index is 0.105. The highest BCUT2D eigenvalue weighted by Gasteiger charge is 2.48. The van der Waals surface area contributed by atoms with Gasteiger partial charge in [0, 0.05) is 18.0 Å². The standard InChI is InChI=1S/C32H45N3O5/c1-19-14-20(2)16-23(15-19)27(28(37)34-31(4,5)6)35(26-17-21(26)3)29(38)25(33-30(39)40-32(7,8)9)18-22-10-12-24(36)13-11-22/h10-16,21,25-27,36H,17-18H2,1-9H3,(H,33,39)(H,34,37). The van der Waals surface area contributed by atoms with E-state index in [2.05, 4.69) is 17.6 Å². The van der Waals surface area contributed by atoms with Crippen molar-refractivity contribution >= 4 is 17.9 Å². The number of aryl methyl sites for hydroxylation is 2. The first kappa shape index (κ1) is 31.0. The van der Waals surface area contributed by atoms with Gasteiger partial charge in [0.15, 0.2) is 0 Å². The summed E-state index contributed by atoms with van der Waals surface area (Å²) >= 11 is 0. The highest BCUT2D eigenvalue weighted by atomic mass is 16.6. The number of carbonyl (C=O) groups is 3. The van der Waals surface area contributed by atoms with E-state index in [0.29, 0.717) is 0 Å². The van der Waals surface area contributed by atoms with Crippen molar-refractivity contribution in [1.29, 1.82) is 0 Å². The number of alkyl carbamates (subject to hydrolysis) is 1. The van der Waals surface area contributed by atoms with Gasteiger partial charge in [0.25, 0.3) is 0 Å². The van der Waals surface area contributed by atoms with Gasteiger partial charge in [0.05, 0.1) is 0 Å². The van der Waals surface area contributed by atoms with Crippen LogP contribution < -0.4 is 10.6 Å². The van der Waals surface area contributed by atoms with Gasteiger partial charge in [-0.3, -0.25) is 9.59 Å². The lowest BCUT2D eigenvalue weighted by atomic mass is 9.96. The van der Waals surface area contributed by atoms with E-state index >= 15 is 0 Å². The molecular weight excluding hydrogens is 506 g/mol. The fraction of sp³-hybridized carbons (Fsp3) is 0.531. The third-order valence-electron chi connectivity index (χ3n) is 6.63. The number of benzene rings is 2. The molecule has 40 heavy (non-hydrogen) atoms. The lowest BCUT2D eigenvalue weighted by molar-refractivity contribution is -0.144. The monoisotopic (exact) mass is 551 g/mol. The minimum atomic E-state index is -0.997. The molecule has 0 spiro atoms. The van der Waals surface area contributed by atoms with Gasteiger partial charge in [0.1, 0.15) is 23.4 Å². The summed E-state index contributed by atoms with van der Waals surface area (Å²) in [4.78, 5) is 43.1. The van der Waals surface area contributed by atoms with Crippen LogP contribution in [0.25, 0.3) is 0 Å². The molecule has 0 bridgehead atoms. The molecule has 0 aromatic heterocycles. The summed E-state index contributed by atoms with van der Waals surface area (Å²) in [7, 11) is 0. The predicted octanol–water partition coefficient (Wildman–Crippen LogP) is 5.34. The quantitative estimate of drug-likeness (QED) is 0.411. The fourth-order valence-electron chi connectivity index (χ4n) is 4.91. The summed E-state index contributed by atoms with van der Waals surface area (Å²) in [5, 5.41) is 15.6. The zero-order valence-corrected chi connectivity index (χ0v) is 25.3. The summed E-state index contributed by atoms with van der Waals surface area (Å²) in [6, 6.07) is 10.4. The predicted molar refractivity (Wildman–Crippen MR) is 156 cm³/mol. The molecule has 1 aliphatic carbocycles. The van der Waals surface area contributed by atoms with Crippen molar-refractivity contribution in [1.82, 2.24) is 15.5 Å².